The first kappa shape index (κ1) is 14.5. The Labute approximate surface area is 116 Å². The number of benzene rings is 1. The molecule has 1 saturated heterocycles. The van der Waals surface area contributed by atoms with E-state index >= 15 is 0 Å². The van der Waals surface area contributed by atoms with E-state index in [9.17, 15) is 0 Å². The lowest BCUT2D eigenvalue weighted by molar-refractivity contribution is 0.0708. The molecule has 0 aliphatic carbocycles. The molecule has 2 N–H and O–H groups in total. The Morgan fingerprint density at radius 2 is 1.95 bits per heavy atom. The smallest absolute Gasteiger partial charge is 0.0620 e. The minimum atomic E-state index is 0.389. The molecule has 0 spiro atoms. The van der Waals surface area contributed by atoms with Gasteiger partial charge in [-0.25, -0.2) is 0 Å². The summed E-state index contributed by atoms with van der Waals surface area (Å²) in [7, 11) is 2.03. The Hall–Kier alpha value is -0.900. The third-order valence-electron chi connectivity index (χ3n) is 3.87. The predicted octanol–water partition coefficient (Wildman–Crippen LogP) is 2.45. The lowest BCUT2D eigenvalue weighted by Gasteiger charge is -2.28. The topological polar surface area (TPSA) is 33.3 Å². The van der Waals surface area contributed by atoms with E-state index in [1.165, 1.54) is 11.1 Å². The average molecular weight is 262 g/mol. The highest BCUT2D eigenvalue weighted by atomic mass is 16.5. The fourth-order valence-corrected chi connectivity index (χ4v) is 2.59. The molecule has 1 aromatic carbocycles. The van der Waals surface area contributed by atoms with Crippen molar-refractivity contribution in [3.05, 3.63) is 35.4 Å². The van der Waals surface area contributed by atoms with E-state index in [2.05, 4.69) is 48.7 Å². The van der Waals surface area contributed by atoms with Crippen LogP contribution in [0.25, 0.3) is 0 Å². The van der Waals surface area contributed by atoms with E-state index in [4.69, 9.17) is 4.74 Å². The maximum absolute atomic E-state index is 5.52. The van der Waals surface area contributed by atoms with E-state index < -0.39 is 0 Å². The average Bonchev–Trinajstić information content (AvgIpc) is 2.46. The molecule has 0 saturated carbocycles. The van der Waals surface area contributed by atoms with Crippen LogP contribution < -0.4 is 10.6 Å². The largest absolute Gasteiger partial charge is 0.379 e. The maximum atomic E-state index is 5.52. The van der Waals surface area contributed by atoms with E-state index in [1.807, 2.05) is 7.05 Å². The van der Waals surface area contributed by atoms with Crippen LogP contribution in [0.1, 0.15) is 43.4 Å². The molecule has 19 heavy (non-hydrogen) atoms. The fourth-order valence-electron chi connectivity index (χ4n) is 2.59. The molecular formula is C16H26N2O. The first-order chi connectivity index (χ1) is 9.20. The van der Waals surface area contributed by atoms with E-state index in [-0.39, 0.29) is 0 Å². The number of hydrogen-bond donors (Lipinski definition) is 2. The van der Waals surface area contributed by atoms with Crippen molar-refractivity contribution in [2.45, 2.75) is 38.3 Å². The lowest BCUT2D eigenvalue weighted by atomic mass is 9.95. The van der Waals surface area contributed by atoms with Crippen LogP contribution in [0.4, 0.5) is 0 Å². The second-order valence-electron chi connectivity index (χ2n) is 5.62. The predicted molar refractivity (Wildman–Crippen MR) is 79.6 cm³/mol. The summed E-state index contributed by atoms with van der Waals surface area (Å²) >= 11 is 0. The molecule has 2 unspecified atom stereocenters. The minimum absolute atomic E-state index is 0.389. The zero-order chi connectivity index (χ0) is 13.7. The molecule has 1 aromatic rings. The SMILES string of the molecule is CNC(CC1COCCN1)c1ccc(C(C)C)cc1. The molecule has 1 fully saturated rings. The number of hydrogen-bond acceptors (Lipinski definition) is 3. The maximum Gasteiger partial charge on any atom is 0.0620 e. The van der Waals surface area contributed by atoms with Gasteiger partial charge in [-0.2, -0.15) is 0 Å². The van der Waals surface area contributed by atoms with Crippen LogP contribution >= 0.6 is 0 Å². The summed E-state index contributed by atoms with van der Waals surface area (Å²) in [5.41, 5.74) is 2.76. The van der Waals surface area contributed by atoms with Crippen molar-refractivity contribution in [3.63, 3.8) is 0 Å². The zero-order valence-corrected chi connectivity index (χ0v) is 12.3. The second-order valence-corrected chi connectivity index (χ2v) is 5.62. The van der Waals surface area contributed by atoms with Crippen molar-refractivity contribution in [1.29, 1.82) is 0 Å². The van der Waals surface area contributed by atoms with Gasteiger partial charge in [-0.05, 0) is 30.5 Å². The Bertz CT molecular complexity index is 369. The molecular weight excluding hydrogens is 236 g/mol. The standard InChI is InChI=1S/C16H26N2O/c1-12(2)13-4-6-14(7-5-13)16(17-3)10-15-11-19-9-8-18-15/h4-7,12,15-18H,8-11H2,1-3H3. The summed E-state index contributed by atoms with van der Waals surface area (Å²) in [5.74, 6) is 0.593. The molecule has 3 heteroatoms. The van der Waals surface area contributed by atoms with Gasteiger partial charge in [0.05, 0.1) is 13.2 Å². The number of nitrogens with one attached hydrogen (secondary N) is 2. The second kappa shape index (κ2) is 7.04. The number of ether oxygens (including phenoxy) is 1. The van der Waals surface area contributed by atoms with Crippen molar-refractivity contribution < 1.29 is 4.74 Å². The van der Waals surface area contributed by atoms with Crippen molar-refractivity contribution in [1.82, 2.24) is 10.6 Å². The monoisotopic (exact) mass is 262 g/mol. The van der Waals surface area contributed by atoms with Gasteiger partial charge in [-0.15, -0.1) is 0 Å². The van der Waals surface area contributed by atoms with Crippen molar-refractivity contribution in [2.24, 2.45) is 0 Å². The highest BCUT2D eigenvalue weighted by molar-refractivity contribution is 5.27. The summed E-state index contributed by atoms with van der Waals surface area (Å²) in [6, 6.07) is 9.83. The van der Waals surface area contributed by atoms with Gasteiger partial charge in [0.15, 0.2) is 0 Å². The molecule has 1 heterocycles. The quantitative estimate of drug-likeness (QED) is 0.855. The van der Waals surface area contributed by atoms with Gasteiger partial charge in [0.1, 0.15) is 0 Å². The fraction of sp³-hybridized carbons (Fsp3) is 0.625. The van der Waals surface area contributed by atoms with Crippen LogP contribution in [0, 0.1) is 0 Å². The normalized spacial score (nSPS) is 21.6. The highest BCUT2D eigenvalue weighted by Gasteiger charge is 2.19. The van der Waals surface area contributed by atoms with Crippen molar-refractivity contribution in [2.75, 3.05) is 26.8 Å². The highest BCUT2D eigenvalue weighted by Crippen LogP contribution is 2.22. The van der Waals surface area contributed by atoms with Gasteiger partial charge in [-0.1, -0.05) is 38.1 Å². The minimum Gasteiger partial charge on any atom is -0.379 e. The van der Waals surface area contributed by atoms with E-state index in [0.29, 0.717) is 18.0 Å². The first-order valence-corrected chi connectivity index (χ1v) is 7.29. The zero-order valence-electron chi connectivity index (χ0n) is 12.3. The molecule has 0 amide bonds. The lowest BCUT2D eigenvalue weighted by Crippen LogP contribution is -2.43. The summed E-state index contributed by atoms with van der Waals surface area (Å²) in [4.78, 5) is 0. The summed E-state index contributed by atoms with van der Waals surface area (Å²) in [6.45, 7) is 7.08. The van der Waals surface area contributed by atoms with Crippen LogP contribution in [0.15, 0.2) is 24.3 Å². The van der Waals surface area contributed by atoms with Gasteiger partial charge in [-0.3, -0.25) is 0 Å². The van der Waals surface area contributed by atoms with Gasteiger partial charge >= 0.3 is 0 Å². The molecule has 106 valence electrons. The van der Waals surface area contributed by atoms with Crippen LogP contribution in [-0.2, 0) is 4.74 Å². The Kier molecular flexibility index (Phi) is 5.37. The van der Waals surface area contributed by atoms with Gasteiger partial charge in [0, 0.05) is 18.6 Å². The van der Waals surface area contributed by atoms with Gasteiger partial charge in [0.25, 0.3) is 0 Å². The summed E-state index contributed by atoms with van der Waals surface area (Å²) in [5, 5.41) is 6.94. The third kappa shape index (κ3) is 4.03. The number of rotatable bonds is 5. The molecule has 1 aliphatic rings. The van der Waals surface area contributed by atoms with Crippen LogP contribution in [-0.4, -0.2) is 32.8 Å². The molecule has 1 aliphatic heterocycles. The Morgan fingerprint density at radius 3 is 2.47 bits per heavy atom. The summed E-state index contributed by atoms with van der Waals surface area (Å²) < 4.78 is 5.52. The van der Waals surface area contributed by atoms with Gasteiger partial charge in [0.2, 0.25) is 0 Å². The molecule has 0 aromatic heterocycles. The molecule has 0 bridgehead atoms. The summed E-state index contributed by atoms with van der Waals surface area (Å²) in [6.07, 6.45) is 1.07. The molecule has 2 rings (SSSR count). The van der Waals surface area contributed by atoms with E-state index in [1.54, 1.807) is 0 Å². The van der Waals surface area contributed by atoms with Gasteiger partial charge < -0.3 is 15.4 Å². The van der Waals surface area contributed by atoms with Crippen LogP contribution in [0.3, 0.4) is 0 Å². The third-order valence-corrected chi connectivity index (χ3v) is 3.87. The number of morpholine rings is 1. The Morgan fingerprint density at radius 1 is 1.26 bits per heavy atom. The Balaban J connectivity index is 1.99. The van der Waals surface area contributed by atoms with Crippen LogP contribution in [0.5, 0.6) is 0 Å². The molecule has 0 radical (unpaired) electrons. The molecule has 2 atom stereocenters. The van der Waals surface area contributed by atoms with Crippen molar-refractivity contribution in [3.8, 4) is 0 Å². The first-order valence-electron chi connectivity index (χ1n) is 7.29. The van der Waals surface area contributed by atoms with E-state index in [0.717, 1.165) is 26.2 Å². The van der Waals surface area contributed by atoms with Crippen LogP contribution in [0.2, 0.25) is 0 Å². The molecule has 3 nitrogen and oxygen atoms in total. The van der Waals surface area contributed by atoms with Crippen molar-refractivity contribution >= 4 is 0 Å².